The van der Waals surface area contributed by atoms with Crippen LogP contribution in [0.1, 0.15) is 16.7 Å². The molecule has 0 fully saturated rings. The van der Waals surface area contributed by atoms with E-state index in [9.17, 15) is 0 Å². The maximum atomic E-state index is 6.43. The number of aromatic nitrogens is 3. The minimum atomic E-state index is 0. The van der Waals surface area contributed by atoms with Gasteiger partial charge in [0.15, 0.2) is 0 Å². The van der Waals surface area contributed by atoms with Crippen molar-refractivity contribution >= 4 is 23.2 Å². The van der Waals surface area contributed by atoms with Crippen molar-refractivity contribution in [1.82, 2.24) is 9.55 Å². The van der Waals surface area contributed by atoms with Crippen LogP contribution < -0.4 is 25.8 Å². The number of hydrogen-bond donors (Lipinski definition) is 0. The Balaban J connectivity index is 0.000000228. The summed E-state index contributed by atoms with van der Waals surface area (Å²) in [6, 6.07) is 40.9. The maximum absolute atomic E-state index is 6.43. The molecule has 0 aliphatic carbocycles. The largest absolute Gasteiger partial charge is 3.00 e. The first-order chi connectivity index (χ1) is 20.0. The van der Waals surface area contributed by atoms with Gasteiger partial charge in [-0.1, -0.05) is 70.3 Å². The van der Waals surface area contributed by atoms with E-state index >= 15 is 0 Å². The number of pyridine rings is 1. The molecule has 0 atom stereocenters. The van der Waals surface area contributed by atoms with Gasteiger partial charge in [-0.15, -0.1) is 35.9 Å². The topological polar surface area (TPSA) is 30.9 Å². The van der Waals surface area contributed by atoms with Gasteiger partial charge in [0, 0.05) is 6.20 Å². The Kier molecular flexibility index (Phi) is 8.87. The van der Waals surface area contributed by atoms with Crippen LogP contribution in [0.4, 0.5) is 0 Å². The van der Waals surface area contributed by atoms with Crippen LogP contribution in [0.5, 0.6) is 11.6 Å². The van der Waals surface area contributed by atoms with E-state index in [0.717, 1.165) is 34.2 Å². The average Bonchev–Trinajstić information content (AvgIpc) is 3.33. The molecule has 0 radical (unpaired) electrons. The second-order valence-electron chi connectivity index (χ2n) is 10.3. The van der Waals surface area contributed by atoms with E-state index in [0.29, 0.717) is 0 Å². The van der Waals surface area contributed by atoms with Crippen molar-refractivity contribution in [2.45, 2.75) is 20.8 Å². The van der Waals surface area contributed by atoms with Gasteiger partial charge < -0.3 is 18.9 Å². The summed E-state index contributed by atoms with van der Waals surface area (Å²) in [6.07, 6.45) is 5.22. The maximum Gasteiger partial charge on any atom is 3.00 e. The van der Waals surface area contributed by atoms with Gasteiger partial charge >= 0.3 is 20.1 Å². The van der Waals surface area contributed by atoms with Crippen LogP contribution >= 0.6 is 0 Å². The van der Waals surface area contributed by atoms with Crippen LogP contribution in [0.2, 0.25) is 0 Å². The van der Waals surface area contributed by atoms with Crippen molar-refractivity contribution in [2.75, 3.05) is 0 Å². The molecule has 0 saturated heterocycles. The van der Waals surface area contributed by atoms with Gasteiger partial charge in [0.25, 0.3) is 0 Å². The number of imidazole rings is 1. The third-order valence-corrected chi connectivity index (χ3v) is 7.35. The second-order valence-corrected chi connectivity index (χ2v) is 10.3. The molecule has 3 heterocycles. The van der Waals surface area contributed by atoms with E-state index in [-0.39, 0.29) is 26.8 Å². The fraction of sp³-hybridized carbons (Fsp3) is 0.111. The van der Waals surface area contributed by atoms with E-state index in [1.54, 1.807) is 6.20 Å². The summed E-state index contributed by atoms with van der Waals surface area (Å²) >= 11 is 0. The molecule has 1 aliphatic rings. The zero-order chi connectivity index (χ0) is 28.3. The van der Waals surface area contributed by atoms with Crippen molar-refractivity contribution in [2.24, 2.45) is 7.05 Å². The summed E-state index contributed by atoms with van der Waals surface area (Å²) in [4.78, 5) is 4.22. The van der Waals surface area contributed by atoms with Crippen molar-refractivity contribution < 1.29 is 29.4 Å². The van der Waals surface area contributed by atoms with Crippen LogP contribution in [0.25, 0.3) is 16.9 Å². The zero-order valence-corrected chi connectivity index (χ0v) is 26.4. The Bertz CT molecular complexity index is 1740. The van der Waals surface area contributed by atoms with Gasteiger partial charge in [-0.25, -0.2) is 0 Å². The third-order valence-electron chi connectivity index (χ3n) is 7.35. The number of fused-ring (bicyclic) bond motifs is 2. The summed E-state index contributed by atoms with van der Waals surface area (Å²) in [5, 5.41) is 0. The predicted octanol–water partition coefficient (Wildman–Crippen LogP) is 5.00. The molecule has 2 aromatic heterocycles. The summed E-state index contributed by atoms with van der Waals surface area (Å²) in [5.41, 5.74) is 10.5. The molecule has 1 aliphatic heterocycles. The predicted molar refractivity (Wildman–Crippen MR) is 165 cm³/mol. The first-order valence-corrected chi connectivity index (χ1v) is 13.7. The monoisotopic (exact) mass is 724 g/mol. The molecular weight excluding hydrogens is 693 g/mol. The minimum Gasteiger partial charge on any atom is -0.472 e. The minimum absolute atomic E-state index is 0. The van der Waals surface area contributed by atoms with Crippen molar-refractivity contribution in [1.29, 1.82) is 0 Å². The number of hydrogen-bond acceptors (Lipinski definition) is 2. The summed E-state index contributed by atoms with van der Waals surface area (Å²) < 4.78 is 10.5. The van der Waals surface area contributed by atoms with Crippen molar-refractivity contribution in [3.05, 3.63) is 144 Å². The van der Waals surface area contributed by atoms with Crippen LogP contribution in [0, 0.1) is 39.2 Å². The average molecular weight is 724 g/mol. The number of aryl methyl sites for hydroxylation is 4. The molecule has 42 heavy (non-hydrogen) atoms. The molecule has 4 aromatic carbocycles. The summed E-state index contributed by atoms with van der Waals surface area (Å²) in [7, 11) is 2.04. The van der Waals surface area contributed by atoms with Crippen LogP contribution in [-0.2, 0) is 27.2 Å². The number of para-hydroxylation sites is 2. The number of ether oxygens (including phenoxy) is 1. The summed E-state index contributed by atoms with van der Waals surface area (Å²) in [6.45, 7) is 6.65. The molecule has 0 saturated carbocycles. The van der Waals surface area contributed by atoms with E-state index in [1.807, 2.05) is 84.4 Å². The molecular formula is C36H30BIrN3O+. The first kappa shape index (κ1) is 29.3. The Morgan fingerprint density at radius 2 is 1.50 bits per heavy atom. The normalized spacial score (nSPS) is 11.3. The van der Waals surface area contributed by atoms with Gasteiger partial charge in [-0.3, -0.25) is 0 Å². The van der Waals surface area contributed by atoms with Crippen molar-refractivity contribution in [3.8, 4) is 28.6 Å². The third kappa shape index (κ3) is 5.74. The number of benzene rings is 4. The Morgan fingerprint density at radius 3 is 2.17 bits per heavy atom. The fourth-order valence-electron chi connectivity index (χ4n) is 5.69. The van der Waals surface area contributed by atoms with E-state index in [4.69, 9.17) is 4.74 Å². The van der Waals surface area contributed by atoms with Crippen molar-refractivity contribution in [3.63, 3.8) is 0 Å². The van der Waals surface area contributed by atoms with E-state index in [1.165, 1.54) is 27.6 Å². The quantitative estimate of drug-likeness (QED) is 0.146. The second kappa shape index (κ2) is 12.7. The molecule has 0 bridgehead atoms. The Morgan fingerprint density at radius 1 is 0.810 bits per heavy atom. The molecule has 4 nitrogen and oxygen atoms in total. The fourth-order valence-corrected chi connectivity index (χ4v) is 5.69. The first-order valence-electron chi connectivity index (χ1n) is 13.7. The molecule has 6 aromatic rings. The summed E-state index contributed by atoms with van der Waals surface area (Å²) in [5.74, 6) is 1.70. The Hall–Kier alpha value is -4.25. The number of nitrogens with zero attached hydrogens (tertiary/aromatic N) is 3. The molecule has 0 unspecified atom stereocenters. The van der Waals surface area contributed by atoms with Gasteiger partial charge in [0.05, 0.1) is 12.6 Å². The molecule has 6 heteroatoms. The molecule has 7 rings (SSSR count). The van der Waals surface area contributed by atoms with Gasteiger partial charge in [0.2, 0.25) is 18.9 Å². The molecule has 0 spiro atoms. The SMILES string of the molecule is Cc1cc(C)c(B2c3ccccc3Oc3c2[n+](C)[c-]n3-c2[c-]cccc2)c(C)c1.[Ir+3].[c-]1ccccc1-c1ccccn1. The van der Waals surface area contributed by atoms with Crippen LogP contribution in [-0.4, -0.2) is 16.3 Å². The van der Waals surface area contributed by atoms with E-state index in [2.05, 4.69) is 79.1 Å². The zero-order valence-electron chi connectivity index (χ0n) is 24.1. The van der Waals surface area contributed by atoms with Crippen LogP contribution in [0.15, 0.2) is 109 Å². The number of rotatable bonds is 3. The Labute approximate surface area is 262 Å². The van der Waals surface area contributed by atoms with Gasteiger partial charge in [0.1, 0.15) is 5.75 Å². The standard InChI is InChI=1S/C25H22BN2O.C11H8N.Ir/c1-17-14-18(2)23(19(3)15-17)26-21-12-8-9-13-22(21)29-25-24(26)27(4)16-28(25)20-10-6-5-7-11-20;1-2-6-10(7-3-1)11-8-4-5-9-12-11;/h5-10,12-15H,1-4H3;1-6,8-9H;/q2*-1;+3. The smallest absolute Gasteiger partial charge is 0.472 e. The molecule has 0 amide bonds. The molecule has 206 valence electrons. The molecule has 0 N–H and O–H groups in total. The van der Waals surface area contributed by atoms with Gasteiger partial charge in [-0.05, 0) is 44.1 Å². The van der Waals surface area contributed by atoms with Crippen LogP contribution in [0.3, 0.4) is 0 Å². The van der Waals surface area contributed by atoms with E-state index < -0.39 is 0 Å². The van der Waals surface area contributed by atoms with Gasteiger partial charge in [-0.2, -0.15) is 30.3 Å².